The Bertz CT molecular complexity index is 1640. The van der Waals surface area contributed by atoms with E-state index in [-0.39, 0.29) is 17.1 Å². The summed E-state index contributed by atoms with van der Waals surface area (Å²) in [5.74, 6) is 1.31. The second-order valence-electron chi connectivity index (χ2n) is 13.1. The fraction of sp³-hybridized carbons (Fsp3) is 0.436. The number of methoxy groups -OCH3 is 1. The van der Waals surface area contributed by atoms with Gasteiger partial charge in [0.1, 0.15) is 24.2 Å². The van der Waals surface area contributed by atoms with E-state index in [0.29, 0.717) is 44.2 Å². The monoisotopic (exact) mass is 673 g/mol. The van der Waals surface area contributed by atoms with Crippen LogP contribution in [-0.4, -0.2) is 56.1 Å². The molecule has 0 aliphatic rings. The molecule has 0 spiro atoms. The first-order chi connectivity index (χ1) is 23.7. The minimum Gasteiger partial charge on any atom is -0.497 e. The molecule has 0 radical (unpaired) electrons. The lowest BCUT2D eigenvalue weighted by Gasteiger charge is -2.30. The number of pyridine rings is 1. The zero-order valence-corrected chi connectivity index (χ0v) is 29.1. The molecule has 10 nitrogen and oxygen atoms in total. The number of nitrogens with one attached hydrogen (secondary N) is 3. The van der Waals surface area contributed by atoms with Crippen LogP contribution in [0.3, 0.4) is 0 Å². The SMILES string of the molecule is COc1ccc(COc2ccc(C(O)CNCCCCCCOCCNC(=O)OC(c3ccccc3)C(C)(C)C)c3ccc(=O)[nH]c23)cc1. The third-order valence-corrected chi connectivity index (χ3v) is 8.16. The molecule has 1 amide bonds. The van der Waals surface area contributed by atoms with E-state index in [9.17, 15) is 14.7 Å². The Morgan fingerprint density at radius 1 is 0.878 bits per heavy atom. The Hall–Kier alpha value is -4.38. The summed E-state index contributed by atoms with van der Waals surface area (Å²) in [7, 11) is 1.62. The Morgan fingerprint density at radius 3 is 2.37 bits per heavy atom. The van der Waals surface area contributed by atoms with Gasteiger partial charge in [-0.25, -0.2) is 4.79 Å². The van der Waals surface area contributed by atoms with Crippen molar-refractivity contribution in [1.82, 2.24) is 15.6 Å². The number of carbonyl (C=O) groups excluding carboxylic acids is 1. The number of hydrogen-bond donors (Lipinski definition) is 4. The van der Waals surface area contributed by atoms with Crippen molar-refractivity contribution in [1.29, 1.82) is 0 Å². The highest BCUT2D eigenvalue weighted by Crippen LogP contribution is 2.36. The van der Waals surface area contributed by atoms with Gasteiger partial charge in [-0.15, -0.1) is 0 Å². The molecule has 2 atom stereocenters. The van der Waals surface area contributed by atoms with Crippen LogP contribution in [0.5, 0.6) is 11.5 Å². The number of carbonyl (C=O) groups is 1. The number of rotatable bonds is 19. The average Bonchev–Trinajstić information content (AvgIpc) is 3.10. The van der Waals surface area contributed by atoms with E-state index in [2.05, 4.69) is 36.4 Å². The normalized spacial score (nSPS) is 12.8. The predicted molar refractivity (Wildman–Crippen MR) is 192 cm³/mol. The Balaban J connectivity index is 1.09. The lowest BCUT2D eigenvalue weighted by atomic mass is 9.84. The van der Waals surface area contributed by atoms with Gasteiger partial charge < -0.3 is 39.7 Å². The summed E-state index contributed by atoms with van der Waals surface area (Å²) in [4.78, 5) is 27.4. The van der Waals surface area contributed by atoms with Crippen molar-refractivity contribution in [3.05, 3.63) is 106 Å². The predicted octanol–water partition coefficient (Wildman–Crippen LogP) is 6.83. The molecule has 0 saturated heterocycles. The third-order valence-electron chi connectivity index (χ3n) is 8.16. The standard InChI is InChI=1S/C39H51N3O7/c1-39(2,3)37(29-12-8-7-9-13-29)49-38(45)41-23-25-47-24-11-6-5-10-22-40-26-33(43)31-18-20-34(36-32(31)19-21-35(44)42-36)48-27-28-14-16-30(46-4)17-15-28/h7-9,12-21,33,37,40,43H,5-6,10-11,22-27H2,1-4H3,(H,41,45)(H,42,44). The van der Waals surface area contributed by atoms with Crippen molar-refractivity contribution in [2.45, 2.75) is 65.3 Å². The lowest BCUT2D eigenvalue weighted by molar-refractivity contribution is 0.0286. The number of aromatic amines is 1. The maximum Gasteiger partial charge on any atom is 0.407 e. The number of hydrogen-bond acceptors (Lipinski definition) is 8. The van der Waals surface area contributed by atoms with Gasteiger partial charge in [0, 0.05) is 36.6 Å². The number of aliphatic hydroxyl groups excluding tert-OH is 1. The molecule has 0 bridgehead atoms. The molecule has 0 aliphatic carbocycles. The van der Waals surface area contributed by atoms with Crippen LogP contribution < -0.4 is 25.7 Å². The van der Waals surface area contributed by atoms with Gasteiger partial charge in [0.2, 0.25) is 5.56 Å². The minimum atomic E-state index is -0.749. The summed E-state index contributed by atoms with van der Waals surface area (Å²) in [6.45, 7) is 9.10. The molecule has 4 rings (SSSR count). The third kappa shape index (κ3) is 11.9. The number of benzene rings is 3. The molecule has 4 aromatic rings. The first kappa shape index (κ1) is 37.4. The van der Waals surface area contributed by atoms with Gasteiger partial charge in [0.05, 0.1) is 25.3 Å². The van der Waals surface area contributed by atoms with E-state index in [1.54, 1.807) is 19.2 Å². The molecular weight excluding hydrogens is 622 g/mol. The molecule has 0 aliphatic heterocycles. The summed E-state index contributed by atoms with van der Waals surface area (Å²) in [5.41, 5.74) is 2.76. The van der Waals surface area contributed by atoms with Crippen LogP contribution in [0, 0.1) is 5.41 Å². The number of unbranched alkanes of at least 4 members (excludes halogenated alkanes) is 3. The van der Waals surface area contributed by atoms with Crippen LogP contribution >= 0.6 is 0 Å². The van der Waals surface area contributed by atoms with Gasteiger partial charge in [0.25, 0.3) is 0 Å². The van der Waals surface area contributed by atoms with Crippen LogP contribution in [-0.2, 0) is 16.1 Å². The van der Waals surface area contributed by atoms with Gasteiger partial charge in [-0.1, -0.05) is 82.1 Å². The highest BCUT2D eigenvalue weighted by Gasteiger charge is 2.29. The van der Waals surface area contributed by atoms with Gasteiger partial charge in [-0.05, 0) is 60.3 Å². The first-order valence-electron chi connectivity index (χ1n) is 17.0. The van der Waals surface area contributed by atoms with Crippen molar-refractivity contribution >= 4 is 17.0 Å². The van der Waals surface area contributed by atoms with Gasteiger partial charge in [-0.3, -0.25) is 4.79 Å². The van der Waals surface area contributed by atoms with E-state index in [4.69, 9.17) is 18.9 Å². The summed E-state index contributed by atoms with van der Waals surface area (Å²) < 4.78 is 22.7. The minimum absolute atomic E-state index is 0.232. The number of alkyl carbamates (subject to hydrolysis) is 1. The molecule has 2 unspecified atom stereocenters. The lowest BCUT2D eigenvalue weighted by Crippen LogP contribution is -2.32. The highest BCUT2D eigenvalue weighted by molar-refractivity contribution is 5.87. The van der Waals surface area contributed by atoms with Crippen LogP contribution in [0.2, 0.25) is 0 Å². The fourth-order valence-corrected chi connectivity index (χ4v) is 5.55. The topological polar surface area (TPSA) is 131 Å². The number of H-pyrrole nitrogens is 1. The number of amides is 1. The summed E-state index contributed by atoms with van der Waals surface area (Å²) >= 11 is 0. The zero-order chi connectivity index (χ0) is 35.1. The number of fused-ring (bicyclic) bond motifs is 1. The summed E-state index contributed by atoms with van der Waals surface area (Å²) in [5, 5.41) is 17.9. The zero-order valence-electron chi connectivity index (χ0n) is 29.1. The van der Waals surface area contributed by atoms with E-state index >= 15 is 0 Å². The molecule has 49 heavy (non-hydrogen) atoms. The van der Waals surface area contributed by atoms with E-state index in [1.165, 1.54) is 6.07 Å². The van der Waals surface area contributed by atoms with Gasteiger partial charge in [-0.2, -0.15) is 0 Å². The Labute approximate surface area is 289 Å². The maximum atomic E-state index is 12.4. The molecule has 1 aromatic heterocycles. The van der Waals surface area contributed by atoms with Crippen LogP contribution in [0.4, 0.5) is 4.79 Å². The van der Waals surface area contributed by atoms with E-state index in [1.807, 2.05) is 60.7 Å². The Kier molecular flexibility index (Phi) is 14.5. The van der Waals surface area contributed by atoms with Crippen molar-refractivity contribution < 1.29 is 28.8 Å². The number of ether oxygens (including phenoxy) is 4. The second-order valence-corrected chi connectivity index (χ2v) is 13.1. The van der Waals surface area contributed by atoms with Crippen molar-refractivity contribution in [2.24, 2.45) is 5.41 Å². The molecule has 10 heteroatoms. The highest BCUT2D eigenvalue weighted by atomic mass is 16.6. The summed E-state index contributed by atoms with van der Waals surface area (Å²) in [6.07, 6.45) is 2.44. The van der Waals surface area contributed by atoms with Gasteiger partial charge in [0.15, 0.2) is 0 Å². The average molecular weight is 674 g/mol. The van der Waals surface area contributed by atoms with Crippen LogP contribution in [0.1, 0.15) is 75.4 Å². The fourth-order valence-electron chi connectivity index (χ4n) is 5.55. The summed E-state index contributed by atoms with van der Waals surface area (Å²) in [6, 6.07) is 24.2. The quantitative estimate of drug-likeness (QED) is 0.0797. The Morgan fingerprint density at radius 2 is 1.63 bits per heavy atom. The maximum absolute atomic E-state index is 12.4. The van der Waals surface area contributed by atoms with Crippen LogP contribution in [0.25, 0.3) is 10.9 Å². The van der Waals surface area contributed by atoms with Crippen molar-refractivity contribution in [3.63, 3.8) is 0 Å². The van der Waals surface area contributed by atoms with Crippen LogP contribution in [0.15, 0.2) is 83.7 Å². The molecule has 1 heterocycles. The molecule has 264 valence electrons. The largest absolute Gasteiger partial charge is 0.497 e. The number of aliphatic hydroxyl groups is 1. The molecule has 0 fully saturated rings. The molecule has 3 aromatic carbocycles. The second kappa shape index (κ2) is 19.0. The molecular formula is C39H51N3O7. The van der Waals surface area contributed by atoms with E-state index < -0.39 is 12.2 Å². The van der Waals surface area contributed by atoms with Crippen molar-refractivity contribution in [3.8, 4) is 11.5 Å². The van der Waals surface area contributed by atoms with Crippen molar-refractivity contribution in [2.75, 3.05) is 40.0 Å². The first-order valence-corrected chi connectivity index (χ1v) is 17.0. The number of aromatic nitrogens is 1. The van der Waals surface area contributed by atoms with E-state index in [0.717, 1.165) is 60.1 Å². The van der Waals surface area contributed by atoms with Gasteiger partial charge >= 0.3 is 6.09 Å². The molecule has 0 saturated carbocycles. The smallest absolute Gasteiger partial charge is 0.407 e. The molecule has 4 N–H and O–H groups in total.